The maximum atomic E-state index is 13.0. The van der Waals surface area contributed by atoms with Crippen LogP contribution in [0.25, 0.3) is 10.9 Å². The smallest absolute Gasteiger partial charge is 0.418 e. The summed E-state index contributed by atoms with van der Waals surface area (Å²) < 4.78 is 18.7. The lowest BCUT2D eigenvalue weighted by molar-refractivity contribution is -0.151. The van der Waals surface area contributed by atoms with Gasteiger partial charge in [-0.25, -0.2) is 9.59 Å². The minimum absolute atomic E-state index is 0.0888. The molecule has 2 aliphatic rings. The van der Waals surface area contributed by atoms with Gasteiger partial charge in [0.15, 0.2) is 6.10 Å². The zero-order valence-corrected chi connectivity index (χ0v) is 28.1. The molecule has 2 N–H and O–H groups in total. The van der Waals surface area contributed by atoms with Gasteiger partial charge in [-0.3, -0.25) is 9.36 Å². The molecular formula is C36H49N3O8. The average Bonchev–Trinajstić information content (AvgIpc) is 3.47. The molecule has 3 heterocycles. The number of amides is 1. The Morgan fingerprint density at radius 1 is 1.13 bits per heavy atom. The first kappa shape index (κ1) is 35.9. The number of benzene rings is 1. The summed E-state index contributed by atoms with van der Waals surface area (Å²) in [7, 11) is 2.00. The molecule has 1 saturated heterocycles. The molecule has 256 valence electrons. The standard InChI is InChI=1S/C36H49N3O8/c1-25(24-45-35(43)39-18-16-28-11-6-7-12-30(28)39)9-8-10-26(2)33-27(3)13-14-31(46-34(42)38-21-19-37(5)20-22-38)36(4,44)17-15-29(40)23-32(41)47-33/h6-14,16,18,25,27,29,31,33,40,44H,15,17,19-24H2,1-5H3/b9-8+,14-13+,26-10+/t25-,27+,29-,31+,33-,36-/m1/s1. The van der Waals surface area contributed by atoms with Crippen molar-refractivity contribution in [2.45, 2.75) is 70.9 Å². The van der Waals surface area contributed by atoms with Gasteiger partial charge in [-0.05, 0) is 57.5 Å². The number of likely N-dealkylation sites (N-methyl/N-ethyl adjacent to an activating group) is 1. The molecule has 6 atom stereocenters. The molecular weight excluding hydrogens is 602 g/mol. The van der Waals surface area contributed by atoms with Crippen molar-refractivity contribution in [3.63, 3.8) is 0 Å². The normalized spacial score (nSPS) is 28.3. The fourth-order valence-electron chi connectivity index (χ4n) is 5.68. The summed E-state index contributed by atoms with van der Waals surface area (Å²) in [5.41, 5.74) is 0.0587. The number of aliphatic hydroxyl groups excluding tert-OH is 1. The maximum absolute atomic E-state index is 13.0. The highest BCUT2D eigenvalue weighted by molar-refractivity contribution is 5.89. The number of fused-ring (bicyclic) bond motifs is 1. The van der Waals surface area contributed by atoms with Crippen LogP contribution >= 0.6 is 0 Å². The van der Waals surface area contributed by atoms with Gasteiger partial charge in [0, 0.05) is 49.6 Å². The van der Waals surface area contributed by atoms with Gasteiger partial charge in [0.25, 0.3) is 0 Å². The minimum atomic E-state index is -1.47. The number of hydrogen-bond donors (Lipinski definition) is 2. The zero-order chi connectivity index (χ0) is 34.1. The number of carbonyl (C=O) groups is 3. The number of aliphatic hydroxyl groups is 2. The molecule has 11 heteroatoms. The molecule has 1 fully saturated rings. The van der Waals surface area contributed by atoms with Crippen molar-refractivity contribution in [1.29, 1.82) is 0 Å². The number of hydrogen-bond acceptors (Lipinski definition) is 9. The summed E-state index contributed by atoms with van der Waals surface area (Å²) in [6, 6.07) is 9.45. The number of cyclic esters (lactones) is 1. The fraction of sp³-hybridized carbons (Fsp3) is 0.528. The minimum Gasteiger partial charge on any atom is -0.457 e. The van der Waals surface area contributed by atoms with Crippen LogP contribution in [0.1, 0.15) is 47.0 Å². The lowest BCUT2D eigenvalue weighted by Crippen LogP contribution is -2.50. The van der Waals surface area contributed by atoms with E-state index in [1.165, 1.54) is 4.57 Å². The Morgan fingerprint density at radius 3 is 2.60 bits per heavy atom. The summed E-state index contributed by atoms with van der Waals surface area (Å²) in [5, 5.41) is 22.9. The molecule has 0 aliphatic carbocycles. The Kier molecular flexibility index (Phi) is 12.4. The van der Waals surface area contributed by atoms with Gasteiger partial charge in [-0.2, -0.15) is 0 Å². The van der Waals surface area contributed by atoms with E-state index in [1.807, 2.05) is 76.4 Å². The second kappa shape index (κ2) is 16.3. The molecule has 11 nitrogen and oxygen atoms in total. The van der Waals surface area contributed by atoms with Gasteiger partial charge in [-0.1, -0.05) is 56.4 Å². The Balaban J connectivity index is 1.43. The second-order valence-corrected chi connectivity index (χ2v) is 13.1. The summed E-state index contributed by atoms with van der Waals surface area (Å²) >= 11 is 0. The summed E-state index contributed by atoms with van der Waals surface area (Å²) in [6.45, 7) is 9.93. The Bertz CT molecular complexity index is 1470. The van der Waals surface area contributed by atoms with Crippen LogP contribution in [0.5, 0.6) is 0 Å². The summed E-state index contributed by atoms with van der Waals surface area (Å²) in [6.07, 6.45) is 7.09. The molecule has 0 radical (unpaired) electrons. The largest absolute Gasteiger partial charge is 0.457 e. The Labute approximate surface area is 277 Å². The molecule has 1 amide bonds. The third-order valence-corrected chi connectivity index (χ3v) is 8.83. The third kappa shape index (κ3) is 10.0. The van der Waals surface area contributed by atoms with Crippen molar-refractivity contribution in [2.75, 3.05) is 39.8 Å². The van der Waals surface area contributed by atoms with E-state index < -0.39 is 42.1 Å². The van der Waals surface area contributed by atoms with Crippen molar-refractivity contribution in [3.8, 4) is 0 Å². The van der Waals surface area contributed by atoms with Gasteiger partial charge in [0.05, 0.1) is 24.6 Å². The van der Waals surface area contributed by atoms with Crippen LogP contribution in [0, 0.1) is 11.8 Å². The molecule has 0 spiro atoms. The predicted molar refractivity (Wildman–Crippen MR) is 179 cm³/mol. The molecule has 0 bridgehead atoms. The van der Waals surface area contributed by atoms with Crippen LogP contribution in [-0.4, -0.2) is 106 Å². The van der Waals surface area contributed by atoms with Crippen molar-refractivity contribution >= 4 is 29.1 Å². The van der Waals surface area contributed by atoms with E-state index in [2.05, 4.69) is 4.90 Å². The molecule has 1 aromatic heterocycles. The first-order chi connectivity index (χ1) is 22.3. The maximum Gasteiger partial charge on any atom is 0.418 e. The number of carbonyl (C=O) groups excluding carboxylic acids is 3. The van der Waals surface area contributed by atoms with E-state index >= 15 is 0 Å². The quantitative estimate of drug-likeness (QED) is 0.194. The van der Waals surface area contributed by atoms with Crippen LogP contribution in [0.3, 0.4) is 0 Å². The first-order valence-corrected chi connectivity index (χ1v) is 16.3. The molecule has 4 rings (SSSR count). The van der Waals surface area contributed by atoms with E-state index in [-0.39, 0.29) is 37.7 Å². The molecule has 47 heavy (non-hydrogen) atoms. The molecule has 0 unspecified atom stereocenters. The summed E-state index contributed by atoms with van der Waals surface area (Å²) in [4.78, 5) is 42.3. The fourth-order valence-corrected chi connectivity index (χ4v) is 5.68. The second-order valence-electron chi connectivity index (χ2n) is 13.1. The molecule has 2 aromatic rings. The van der Waals surface area contributed by atoms with Crippen molar-refractivity contribution in [1.82, 2.24) is 14.4 Å². The van der Waals surface area contributed by atoms with Gasteiger partial charge in [0.1, 0.15) is 11.7 Å². The van der Waals surface area contributed by atoms with Crippen LogP contribution < -0.4 is 0 Å². The summed E-state index contributed by atoms with van der Waals surface area (Å²) in [5.74, 6) is -0.986. The van der Waals surface area contributed by atoms with Gasteiger partial charge >= 0.3 is 18.2 Å². The number of para-hydroxylation sites is 1. The zero-order valence-electron chi connectivity index (χ0n) is 28.1. The average molecular weight is 652 g/mol. The number of esters is 1. The molecule has 2 aliphatic heterocycles. The first-order valence-electron chi connectivity index (χ1n) is 16.3. The van der Waals surface area contributed by atoms with Gasteiger partial charge in [-0.15, -0.1) is 0 Å². The third-order valence-electron chi connectivity index (χ3n) is 8.83. The number of allylic oxidation sites excluding steroid dienone is 2. The van der Waals surface area contributed by atoms with Crippen molar-refractivity contribution in [2.24, 2.45) is 11.8 Å². The highest BCUT2D eigenvalue weighted by Gasteiger charge is 2.36. The number of rotatable bonds is 6. The van der Waals surface area contributed by atoms with Crippen molar-refractivity contribution < 1.29 is 38.8 Å². The molecule has 1 aromatic carbocycles. The topological polar surface area (TPSA) is 131 Å². The van der Waals surface area contributed by atoms with Crippen LogP contribution in [0.15, 0.2) is 72.5 Å². The number of piperazine rings is 1. The number of ether oxygens (including phenoxy) is 3. The lowest BCUT2D eigenvalue weighted by atomic mass is 9.89. The van der Waals surface area contributed by atoms with Gasteiger partial charge in [0.2, 0.25) is 0 Å². The molecule has 0 saturated carbocycles. The van der Waals surface area contributed by atoms with Crippen LogP contribution in [-0.2, 0) is 19.0 Å². The number of aromatic nitrogens is 1. The predicted octanol–water partition coefficient (Wildman–Crippen LogP) is 4.92. The van der Waals surface area contributed by atoms with E-state index in [0.717, 1.165) is 29.6 Å². The number of nitrogens with zero attached hydrogens (tertiary/aromatic N) is 3. The van der Waals surface area contributed by atoms with Crippen molar-refractivity contribution in [3.05, 3.63) is 72.5 Å². The van der Waals surface area contributed by atoms with E-state index in [9.17, 15) is 24.6 Å². The van der Waals surface area contributed by atoms with E-state index in [1.54, 1.807) is 30.2 Å². The monoisotopic (exact) mass is 651 g/mol. The Hall–Kier alpha value is -3.93. The van der Waals surface area contributed by atoms with Crippen LogP contribution in [0.2, 0.25) is 0 Å². The highest BCUT2D eigenvalue weighted by atomic mass is 16.6. The van der Waals surface area contributed by atoms with Crippen LogP contribution in [0.4, 0.5) is 9.59 Å². The van der Waals surface area contributed by atoms with E-state index in [0.29, 0.717) is 13.1 Å². The highest BCUT2D eigenvalue weighted by Crippen LogP contribution is 2.27. The lowest BCUT2D eigenvalue weighted by Gasteiger charge is -2.36. The Morgan fingerprint density at radius 2 is 1.85 bits per heavy atom. The SMILES string of the molecule is C/C(=C\C=C\[C@@H](C)COC(=O)n1ccc2ccccc21)[C@H]1OC(=O)C[C@H](O)CC[C@@](C)(O)[C@@H](OC(=O)N2CCN(C)CC2)/C=C/[C@@H]1C. The van der Waals surface area contributed by atoms with E-state index in [4.69, 9.17) is 14.2 Å². The van der Waals surface area contributed by atoms with Gasteiger partial charge < -0.3 is 34.2 Å².